The molecule has 4 nitrogen and oxygen atoms in total. The van der Waals surface area contributed by atoms with Crippen LogP contribution >= 0.6 is 23.2 Å². The van der Waals surface area contributed by atoms with Gasteiger partial charge in [-0.05, 0) is 0 Å². The minimum atomic E-state index is 0.349. The van der Waals surface area contributed by atoms with Crippen molar-refractivity contribution >= 4 is 23.2 Å². The number of rotatable bonds is 3. The molecule has 2 aromatic heterocycles. The standard InChI is InChI=1S/C11H9Cl2N3O/c1-2-10-15-9(13)4-11(16-10)17-8-3-7(12)5-14-6-8/h3-6H,2H2,1H3. The molecule has 0 aliphatic rings. The summed E-state index contributed by atoms with van der Waals surface area (Å²) in [7, 11) is 0. The summed E-state index contributed by atoms with van der Waals surface area (Å²) in [5.41, 5.74) is 0. The fourth-order valence-corrected chi connectivity index (χ4v) is 1.58. The molecule has 0 saturated heterocycles. The Bertz CT molecular complexity index is 534. The van der Waals surface area contributed by atoms with E-state index in [1.807, 2.05) is 6.92 Å². The minimum absolute atomic E-state index is 0.349. The molecule has 2 aromatic rings. The van der Waals surface area contributed by atoms with Crippen LogP contribution in [-0.2, 0) is 6.42 Å². The van der Waals surface area contributed by atoms with E-state index in [4.69, 9.17) is 27.9 Å². The smallest absolute Gasteiger partial charge is 0.224 e. The number of nitrogens with zero attached hydrogens (tertiary/aromatic N) is 3. The van der Waals surface area contributed by atoms with Gasteiger partial charge in [0.2, 0.25) is 5.88 Å². The van der Waals surface area contributed by atoms with Crippen LogP contribution in [-0.4, -0.2) is 15.0 Å². The largest absolute Gasteiger partial charge is 0.437 e. The molecule has 2 rings (SSSR count). The molecule has 0 atom stereocenters. The maximum atomic E-state index is 5.85. The van der Waals surface area contributed by atoms with Crippen molar-refractivity contribution in [2.24, 2.45) is 0 Å². The Balaban J connectivity index is 2.26. The molecule has 17 heavy (non-hydrogen) atoms. The van der Waals surface area contributed by atoms with Gasteiger partial charge in [0.05, 0.1) is 11.2 Å². The Morgan fingerprint density at radius 1 is 1.18 bits per heavy atom. The van der Waals surface area contributed by atoms with E-state index in [0.29, 0.717) is 34.1 Å². The lowest BCUT2D eigenvalue weighted by Crippen LogP contribution is -1.96. The number of halogens is 2. The highest BCUT2D eigenvalue weighted by molar-refractivity contribution is 6.30. The van der Waals surface area contributed by atoms with E-state index in [9.17, 15) is 0 Å². The number of ether oxygens (including phenoxy) is 1. The van der Waals surface area contributed by atoms with Gasteiger partial charge in [0.25, 0.3) is 0 Å². The van der Waals surface area contributed by atoms with Crippen LogP contribution in [0.5, 0.6) is 11.6 Å². The monoisotopic (exact) mass is 269 g/mol. The number of hydrogen-bond acceptors (Lipinski definition) is 4. The van der Waals surface area contributed by atoms with E-state index in [1.165, 1.54) is 6.20 Å². The molecular weight excluding hydrogens is 261 g/mol. The number of aromatic nitrogens is 3. The Kier molecular flexibility index (Phi) is 3.76. The second kappa shape index (κ2) is 5.29. The first kappa shape index (κ1) is 12.1. The normalized spacial score (nSPS) is 10.3. The highest BCUT2D eigenvalue weighted by Crippen LogP contribution is 2.23. The molecule has 0 spiro atoms. The van der Waals surface area contributed by atoms with E-state index < -0.39 is 0 Å². The first-order valence-electron chi connectivity index (χ1n) is 4.99. The topological polar surface area (TPSA) is 47.9 Å². The first-order valence-corrected chi connectivity index (χ1v) is 5.75. The van der Waals surface area contributed by atoms with Crippen molar-refractivity contribution in [1.29, 1.82) is 0 Å². The van der Waals surface area contributed by atoms with Crippen molar-refractivity contribution in [3.8, 4) is 11.6 Å². The van der Waals surface area contributed by atoms with E-state index in [1.54, 1.807) is 18.3 Å². The Hall–Kier alpha value is -1.39. The molecule has 0 aromatic carbocycles. The van der Waals surface area contributed by atoms with Gasteiger partial charge in [-0.2, -0.15) is 4.98 Å². The van der Waals surface area contributed by atoms with Crippen LogP contribution in [0.1, 0.15) is 12.7 Å². The van der Waals surface area contributed by atoms with Gasteiger partial charge in [0, 0.05) is 24.8 Å². The molecule has 0 aliphatic carbocycles. The summed E-state index contributed by atoms with van der Waals surface area (Å²) in [6, 6.07) is 3.19. The fourth-order valence-electron chi connectivity index (χ4n) is 1.22. The van der Waals surface area contributed by atoms with Crippen molar-refractivity contribution < 1.29 is 4.74 Å². The van der Waals surface area contributed by atoms with Crippen molar-refractivity contribution in [3.05, 3.63) is 40.5 Å². The highest BCUT2D eigenvalue weighted by atomic mass is 35.5. The second-order valence-electron chi connectivity index (χ2n) is 3.24. The maximum Gasteiger partial charge on any atom is 0.224 e. The molecule has 0 aliphatic heterocycles. The lowest BCUT2D eigenvalue weighted by Gasteiger charge is -2.05. The third kappa shape index (κ3) is 3.28. The van der Waals surface area contributed by atoms with Crippen LogP contribution in [0.2, 0.25) is 10.2 Å². The van der Waals surface area contributed by atoms with Crippen LogP contribution in [0, 0.1) is 0 Å². The lowest BCUT2D eigenvalue weighted by molar-refractivity contribution is 0.457. The number of pyridine rings is 1. The van der Waals surface area contributed by atoms with Crippen molar-refractivity contribution in [3.63, 3.8) is 0 Å². The van der Waals surface area contributed by atoms with Gasteiger partial charge < -0.3 is 4.74 Å². The molecule has 0 saturated carbocycles. The van der Waals surface area contributed by atoms with E-state index in [2.05, 4.69) is 15.0 Å². The maximum absolute atomic E-state index is 5.85. The average molecular weight is 270 g/mol. The molecular formula is C11H9Cl2N3O. The van der Waals surface area contributed by atoms with Crippen molar-refractivity contribution in [2.45, 2.75) is 13.3 Å². The quantitative estimate of drug-likeness (QED) is 0.800. The average Bonchev–Trinajstić information content (AvgIpc) is 2.28. The molecule has 0 amide bonds. The summed E-state index contributed by atoms with van der Waals surface area (Å²) in [6.07, 6.45) is 3.76. The zero-order valence-corrected chi connectivity index (χ0v) is 10.5. The number of hydrogen-bond donors (Lipinski definition) is 0. The molecule has 0 unspecified atom stereocenters. The molecule has 0 fully saturated rings. The fraction of sp³-hybridized carbons (Fsp3) is 0.182. The summed E-state index contributed by atoms with van der Waals surface area (Å²) >= 11 is 11.7. The Morgan fingerprint density at radius 2 is 2.00 bits per heavy atom. The van der Waals surface area contributed by atoms with Crippen LogP contribution < -0.4 is 4.74 Å². The molecule has 0 radical (unpaired) electrons. The Morgan fingerprint density at radius 3 is 2.71 bits per heavy atom. The molecule has 0 bridgehead atoms. The van der Waals surface area contributed by atoms with Crippen LogP contribution in [0.15, 0.2) is 24.5 Å². The van der Waals surface area contributed by atoms with Gasteiger partial charge in [-0.3, -0.25) is 4.98 Å². The SMILES string of the molecule is CCc1nc(Cl)cc(Oc2cncc(Cl)c2)n1. The van der Waals surface area contributed by atoms with Gasteiger partial charge in [-0.15, -0.1) is 0 Å². The molecule has 88 valence electrons. The van der Waals surface area contributed by atoms with Crippen LogP contribution in [0.25, 0.3) is 0 Å². The van der Waals surface area contributed by atoms with Gasteiger partial charge in [-0.1, -0.05) is 30.1 Å². The van der Waals surface area contributed by atoms with Crippen LogP contribution in [0.3, 0.4) is 0 Å². The third-order valence-electron chi connectivity index (χ3n) is 1.94. The molecule has 6 heteroatoms. The first-order chi connectivity index (χ1) is 8.17. The minimum Gasteiger partial charge on any atom is -0.437 e. The van der Waals surface area contributed by atoms with Crippen molar-refractivity contribution in [1.82, 2.24) is 15.0 Å². The summed E-state index contributed by atoms with van der Waals surface area (Å²) in [6.45, 7) is 1.94. The van der Waals surface area contributed by atoms with E-state index in [-0.39, 0.29) is 0 Å². The summed E-state index contributed by atoms with van der Waals surface area (Å²) in [4.78, 5) is 12.1. The highest BCUT2D eigenvalue weighted by Gasteiger charge is 2.05. The summed E-state index contributed by atoms with van der Waals surface area (Å²) in [5, 5.41) is 0.847. The zero-order chi connectivity index (χ0) is 12.3. The summed E-state index contributed by atoms with van der Waals surface area (Å²) in [5.74, 6) is 1.52. The lowest BCUT2D eigenvalue weighted by atomic mass is 10.4. The molecule has 0 N–H and O–H groups in total. The summed E-state index contributed by atoms with van der Waals surface area (Å²) < 4.78 is 5.50. The van der Waals surface area contributed by atoms with Gasteiger partial charge >= 0.3 is 0 Å². The van der Waals surface area contributed by atoms with Gasteiger partial charge in [0.1, 0.15) is 16.7 Å². The van der Waals surface area contributed by atoms with Gasteiger partial charge in [0.15, 0.2) is 0 Å². The molecule has 2 heterocycles. The Labute approximate surface area is 109 Å². The zero-order valence-electron chi connectivity index (χ0n) is 9.02. The predicted octanol–water partition coefficient (Wildman–Crippen LogP) is 3.53. The van der Waals surface area contributed by atoms with Crippen molar-refractivity contribution in [2.75, 3.05) is 0 Å². The number of aryl methyl sites for hydroxylation is 1. The van der Waals surface area contributed by atoms with Crippen LogP contribution in [0.4, 0.5) is 0 Å². The second-order valence-corrected chi connectivity index (χ2v) is 4.06. The van der Waals surface area contributed by atoms with E-state index in [0.717, 1.165) is 0 Å². The predicted molar refractivity (Wildman–Crippen MR) is 65.7 cm³/mol. The van der Waals surface area contributed by atoms with E-state index >= 15 is 0 Å². The van der Waals surface area contributed by atoms with Gasteiger partial charge in [-0.25, -0.2) is 4.98 Å². The third-order valence-corrected chi connectivity index (χ3v) is 2.34.